The summed E-state index contributed by atoms with van der Waals surface area (Å²) in [4.78, 5) is 11.5. The molecule has 0 aromatic carbocycles. The minimum absolute atomic E-state index is 0.00466. The van der Waals surface area contributed by atoms with Crippen LogP contribution in [0.25, 0.3) is 0 Å². The van der Waals surface area contributed by atoms with Gasteiger partial charge in [0.05, 0.1) is 6.61 Å². The van der Waals surface area contributed by atoms with E-state index in [4.69, 9.17) is 9.22 Å². The molecule has 0 aliphatic rings. The van der Waals surface area contributed by atoms with Crippen LogP contribution in [0, 0.1) is 0 Å². The summed E-state index contributed by atoms with van der Waals surface area (Å²) in [6, 6.07) is -0.173. The van der Waals surface area contributed by atoms with E-state index in [0.717, 1.165) is 51.4 Å². The van der Waals surface area contributed by atoms with Crippen molar-refractivity contribution in [2.75, 3.05) is 6.61 Å². The van der Waals surface area contributed by atoms with Crippen LogP contribution in [0.4, 0.5) is 0 Å². The first-order chi connectivity index (χ1) is 13.8. The highest BCUT2D eigenvalue weighted by atomic mass is 16.3. The van der Waals surface area contributed by atoms with Crippen LogP contribution < -0.4 is 5.32 Å². The number of amides is 1. The van der Waals surface area contributed by atoms with Crippen LogP contribution in [0.3, 0.4) is 0 Å². The second-order valence-corrected chi connectivity index (χ2v) is 6.38. The number of carbonyl (C=O) groups excluding carboxylic acids is 1. The van der Waals surface area contributed by atoms with Crippen molar-refractivity contribution in [2.45, 2.75) is 84.0 Å². The summed E-state index contributed by atoms with van der Waals surface area (Å²) in [6.07, 6.45) is 24.9. The quantitative estimate of drug-likeness (QED) is 0.275. The van der Waals surface area contributed by atoms with Gasteiger partial charge in [-0.15, -0.1) is 0 Å². The molecule has 0 aliphatic carbocycles. The molecule has 0 saturated heterocycles. The van der Waals surface area contributed by atoms with Gasteiger partial charge in [0.1, 0.15) is 0 Å². The van der Waals surface area contributed by atoms with E-state index in [1.807, 2.05) is 0 Å². The molecule has 0 bridgehead atoms. The maximum atomic E-state index is 11.5. The SMILES string of the molecule is [2H]C([2H])([2H])CCCC/C=C\C/C=C\C/C=C\C/C=C\CCCC(=O)NC(C)CO. The summed E-state index contributed by atoms with van der Waals surface area (Å²) in [7, 11) is 0. The van der Waals surface area contributed by atoms with Crippen LogP contribution in [-0.4, -0.2) is 23.7 Å². The lowest BCUT2D eigenvalue weighted by Crippen LogP contribution is -2.34. The third kappa shape index (κ3) is 18.7. The summed E-state index contributed by atoms with van der Waals surface area (Å²) < 4.78 is 21.4. The fourth-order valence-electron chi connectivity index (χ4n) is 2.21. The summed E-state index contributed by atoms with van der Waals surface area (Å²) in [5, 5.41) is 11.6. The van der Waals surface area contributed by atoms with Crippen molar-refractivity contribution in [1.82, 2.24) is 5.32 Å². The number of aliphatic hydroxyl groups is 1. The molecule has 26 heavy (non-hydrogen) atoms. The van der Waals surface area contributed by atoms with Crippen LogP contribution in [0.1, 0.15) is 82.1 Å². The molecule has 0 heterocycles. The lowest BCUT2D eigenvalue weighted by molar-refractivity contribution is -0.122. The van der Waals surface area contributed by atoms with Crippen molar-refractivity contribution >= 4 is 5.91 Å². The van der Waals surface area contributed by atoms with Crippen molar-refractivity contribution in [3.05, 3.63) is 48.6 Å². The molecule has 0 aromatic rings. The van der Waals surface area contributed by atoms with E-state index in [9.17, 15) is 4.79 Å². The number of nitrogens with one attached hydrogen (secondary N) is 1. The van der Waals surface area contributed by atoms with Crippen LogP contribution in [-0.2, 0) is 4.79 Å². The van der Waals surface area contributed by atoms with Crippen LogP contribution in [0.15, 0.2) is 48.6 Å². The van der Waals surface area contributed by atoms with Crippen LogP contribution in [0.2, 0.25) is 0 Å². The molecule has 148 valence electrons. The van der Waals surface area contributed by atoms with E-state index in [1.165, 1.54) is 0 Å². The fourth-order valence-corrected chi connectivity index (χ4v) is 2.21. The molecule has 0 radical (unpaired) electrons. The summed E-state index contributed by atoms with van der Waals surface area (Å²) in [5.74, 6) is -0.00466. The number of carbonyl (C=O) groups is 1. The molecule has 3 nitrogen and oxygen atoms in total. The Morgan fingerprint density at radius 1 is 0.923 bits per heavy atom. The van der Waals surface area contributed by atoms with Gasteiger partial charge in [-0.2, -0.15) is 0 Å². The molecule has 0 spiro atoms. The van der Waals surface area contributed by atoms with E-state index < -0.39 is 6.85 Å². The van der Waals surface area contributed by atoms with Gasteiger partial charge < -0.3 is 10.4 Å². The second-order valence-electron chi connectivity index (χ2n) is 6.38. The Hall–Kier alpha value is -1.61. The van der Waals surface area contributed by atoms with Crippen molar-refractivity contribution < 1.29 is 14.0 Å². The highest BCUT2D eigenvalue weighted by Crippen LogP contribution is 2.01. The first-order valence-corrected chi connectivity index (χ1v) is 9.85. The van der Waals surface area contributed by atoms with Gasteiger partial charge in [0.25, 0.3) is 0 Å². The molecule has 1 unspecified atom stereocenters. The molecule has 0 fully saturated rings. The van der Waals surface area contributed by atoms with E-state index in [-0.39, 0.29) is 18.6 Å². The van der Waals surface area contributed by atoms with E-state index in [0.29, 0.717) is 12.8 Å². The molecule has 3 heteroatoms. The average Bonchev–Trinajstić information content (AvgIpc) is 2.66. The van der Waals surface area contributed by atoms with Crippen LogP contribution >= 0.6 is 0 Å². The first-order valence-electron chi connectivity index (χ1n) is 11.4. The van der Waals surface area contributed by atoms with Gasteiger partial charge in [-0.25, -0.2) is 0 Å². The predicted octanol–water partition coefficient (Wildman–Crippen LogP) is 5.63. The maximum absolute atomic E-state index is 11.5. The van der Waals surface area contributed by atoms with Crippen molar-refractivity contribution in [3.8, 4) is 0 Å². The Bertz CT molecular complexity index is 523. The Kier molecular flexibility index (Phi) is 14.5. The van der Waals surface area contributed by atoms with Gasteiger partial charge in [-0.05, 0) is 51.9 Å². The van der Waals surface area contributed by atoms with Crippen molar-refractivity contribution in [1.29, 1.82) is 0 Å². The van der Waals surface area contributed by atoms with Crippen LogP contribution in [0.5, 0.6) is 0 Å². The summed E-state index contributed by atoms with van der Waals surface area (Å²) in [6.45, 7) is -0.0297. The minimum Gasteiger partial charge on any atom is -0.394 e. The molecule has 1 amide bonds. The third-order valence-electron chi connectivity index (χ3n) is 3.74. The highest BCUT2D eigenvalue weighted by molar-refractivity contribution is 5.76. The smallest absolute Gasteiger partial charge is 0.220 e. The van der Waals surface area contributed by atoms with E-state index in [1.54, 1.807) is 6.92 Å². The predicted molar refractivity (Wildman–Crippen MR) is 113 cm³/mol. The number of hydrogen-bond donors (Lipinski definition) is 2. The van der Waals surface area contributed by atoms with Gasteiger partial charge in [0, 0.05) is 16.6 Å². The fraction of sp³-hybridized carbons (Fsp3) is 0.609. The Morgan fingerprint density at radius 2 is 1.46 bits per heavy atom. The van der Waals surface area contributed by atoms with Crippen molar-refractivity contribution in [3.63, 3.8) is 0 Å². The molecule has 0 rings (SSSR count). The monoisotopic (exact) mass is 364 g/mol. The second kappa shape index (κ2) is 19.7. The average molecular weight is 365 g/mol. The zero-order valence-corrected chi connectivity index (χ0v) is 16.3. The van der Waals surface area contributed by atoms with Gasteiger partial charge in [0.15, 0.2) is 0 Å². The maximum Gasteiger partial charge on any atom is 0.220 e. The van der Waals surface area contributed by atoms with Gasteiger partial charge in [0.2, 0.25) is 5.91 Å². The summed E-state index contributed by atoms with van der Waals surface area (Å²) >= 11 is 0. The Labute approximate surface area is 165 Å². The molecule has 0 saturated carbocycles. The normalized spacial score (nSPS) is 15.7. The molecule has 1 atom stereocenters. The Balaban J connectivity index is 3.53. The number of hydrogen-bond acceptors (Lipinski definition) is 2. The number of rotatable bonds is 16. The topological polar surface area (TPSA) is 49.3 Å². The molecule has 0 aromatic heterocycles. The third-order valence-corrected chi connectivity index (χ3v) is 3.74. The lowest BCUT2D eigenvalue weighted by Gasteiger charge is -2.09. The van der Waals surface area contributed by atoms with Crippen molar-refractivity contribution in [2.24, 2.45) is 0 Å². The number of aliphatic hydroxyl groups excluding tert-OH is 1. The largest absolute Gasteiger partial charge is 0.394 e. The van der Waals surface area contributed by atoms with E-state index in [2.05, 4.69) is 53.9 Å². The zero-order valence-electron chi connectivity index (χ0n) is 19.3. The molecular weight excluding hydrogens is 322 g/mol. The standard InChI is InChI=1S/C23H39NO2/c1-3-4-5-6-7-8-9-10-11-12-13-14-15-16-17-18-19-20-23(26)24-22(2)21-25/h7-8,10-11,13-14,16-17,22,25H,3-6,9,12,15,18-21H2,1-2H3,(H,24,26)/b8-7-,11-10-,14-13-,17-16-/i1D3. The Morgan fingerprint density at radius 3 is 2.00 bits per heavy atom. The van der Waals surface area contributed by atoms with Gasteiger partial charge >= 0.3 is 0 Å². The minimum atomic E-state index is -1.78. The van der Waals surface area contributed by atoms with Gasteiger partial charge in [-0.1, -0.05) is 68.3 Å². The lowest BCUT2D eigenvalue weighted by atomic mass is 10.2. The number of allylic oxidation sites excluding steroid dienone is 8. The highest BCUT2D eigenvalue weighted by Gasteiger charge is 2.04. The number of unbranched alkanes of at least 4 members (excludes halogenated alkanes) is 3. The molecular formula is C23H39NO2. The molecule has 0 aliphatic heterocycles. The van der Waals surface area contributed by atoms with Gasteiger partial charge in [-0.3, -0.25) is 4.79 Å². The zero-order chi connectivity index (χ0) is 21.8. The summed E-state index contributed by atoms with van der Waals surface area (Å²) in [5.41, 5.74) is 0. The first kappa shape index (κ1) is 19.2. The van der Waals surface area contributed by atoms with E-state index >= 15 is 0 Å². The molecule has 2 N–H and O–H groups in total.